The number of nitrogens with one attached hydrogen (secondary N) is 2. The number of benzene rings is 1. The van der Waals surface area contributed by atoms with E-state index in [9.17, 15) is 10.1 Å². The Morgan fingerprint density at radius 1 is 1.03 bits per heavy atom. The van der Waals surface area contributed by atoms with Crippen molar-refractivity contribution in [2.75, 3.05) is 74.9 Å². The van der Waals surface area contributed by atoms with E-state index in [1.165, 1.54) is 15.4 Å². The number of quaternary nitrogens is 2. The molecule has 0 radical (unpaired) electrons. The summed E-state index contributed by atoms with van der Waals surface area (Å²) in [6, 6.07) is 10.5. The predicted octanol–water partition coefficient (Wildman–Crippen LogP) is -1.79. The number of nitro groups is 1. The summed E-state index contributed by atoms with van der Waals surface area (Å²) in [6.07, 6.45) is 0. The summed E-state index contributed by atoms with van der Waals surface area (Å²) in [6.45, 7) is 7.78. The highest BCUT2D eigenvalue weighted by molar-refractivity contribution is 5.71. The zero-order valence-electron chi connectivity index (χ0n) is 17.4. The molecule has 0 amide bonds. The van der Waals surface area contributed by atoms with E-state index < -0.39 is 4.92 Å². The molecule has 2 aliphatic heterocycles. The number of nitrogens with two attached hydrogens (primary N) is 1. The normalized spacial score (nSPS) is 18.6. The van der Waals surface area contributed by atoms with E-state index in [1.807, 2.05) is 11.0 Å². The van der Waals surface area contributed by atoms with Gasteiger partial charge < -0.3 is 25.3 Å². The van der Waals surface area contributed by atoms with Crippen LogP contribution in [-0.4, -0.2) is 74.3 Å². The van der Waals surface area contributed by atoms with Crippen molar-refractivity contribution in [3.8, 4) is 0 Å². The average molecular weight is 415 g/mol. The number of anilines is 3. The second-order valence-corrected chi connectivity index (χ2v) is 8.18. The Hall–Kier alpha value is -2.98. The second-order valence-electron chi connectivity index (χ2n) is 8.18. The lowest BCUT2D eigenvalue weighted by atomic mass is 10.2. The molecule has 4 N–H and O–H groups in total. The van der Waals surface area contributed by atoms with Crippen LogP contribution in [0.3, 0.4) is 0 Å². The van der Waals surface area contributed by atoms with Crippen LogP contribution in [0.15, 0.2) is 30.3 Å². The van der Waals surface area contributed by atoms with Gasteiger partial charge in [-0.1, -0.05) is 30.3 Å². The molecular formula is C20H30N8O2+2. The van der Waals surface area contributed by atoms with Crippen molar-refractivity contribution in [1.82, 2.24) is 9.97 Å². The van der Waals surface area contributed by atoms with Crippen LogP contribution in [0.2, 0.25) is 0 Å². The van der Waals surface area contributed by atoms with E-state index >= 15 is 0 Å². The van der Waals surface area contributed by atoms with E-state index in [4.69, 9.17) is 5.73 Å². The molecule has 0 saturated carbocycles. The minimum atomic E-state index is -0.457. The van der Waals surface area contributed by atoms with Crippen molar-refractivity contribution < 1.29 is 14.7 Å². The average Bonchev–Trinajstić information content (AvgIpc) is 2.75. The first-order valence-corrected chi connectivity index (χ1v) is 10.5. The van der Waals surface area contributed by atoms with Crippen LogP contribution in [0, 0.1) is 10.1 Å². The minimum Gasteiger partial charge on any atom is -0.378 e. The van der Waals surface area contributed by atoms with Crippen LogP contribution >= 0.6 is 0 Å². The number of hydrogen-bond acceptors (Lipinski definition) is 7. The molecule has 30 heavy (non-hydrogen) atoms. The Balaban J connectivity index is 1.50. The molecule has 0 bridgehead atoms. The van der Waals surface area contributed by atoms with Gasteiger partial charge in [0, 0.05) is 5.56 Å². The lowest BCUT2D eigenvalue weighted by Crippen LogP contribution is -3.13. The van der Waals surface area contributed by atoms with Gasteiger partial charge in [-0.2, -0.15) is 9.97 Å². The largest absolute Gasteiger partial charge is 0.378 e. The first-order chi connectivity index (χ1) is 14.5. The van der Waals surface area contributed by atoms with Gasteiger partial charge in [0.1, 0.15) is 6.54 Å². The maximum atomic E-state index is 11.7. The standard InChI is InChI=1S/C20H28N8O2/c1-24-7-11-26(12-8-24)19-17(28(29)30)18(21)22-20(23-19)27-13-9-25(10-14-27)15-16-5-3-2-4-6-16/h2-6H,7-15H2,1H3,(H2,21,22,23)/p+2. The van der Waals surface area contributed by atoms with Crippen LogP contribution in [0.1, 0.15) is 5.56 Å². The Morgan fingerprint density at radius 2 is 1.67 bits per heavy atom. The van der Waals surface area contributed by atoms with Gasteiger partial charge in [0.05, 0.1) is 64.3 Å². The summed E-state index contributed by atoms with van der Waals surface area (Å²) in [5.74, 6) is 0.803. The minimum absolute atomic E-state index is 0.0506. The van der Waals surface area contributed by atoms with Crippen LogP contribution in [0.25, 0.3) is 0 Å². The number of nitrogens with zero attached hydrogens (tertiary/aromatic N) is 5. The van der Waals surface area contributed by atoms with Crippen LogP contribution in [0.4, 0.5) is 23.3 Å². The molecule has 10 heteroatoms. The Morgan fingerprint density at radius 3 is 2.30 bits per heavy atom. The number of nitrogen functional groups attached to an aromatic ring is 1. The van der Waals surface area contributed by atoms with Crippen LogP contribution < -0.4 is 25.3 Å². The van der Waals surface area contributed by atoms with Crippen molar-refractivity contribution in [2.45, 2.75) is 6.54 Å². The molecule has 2 fully saturated rings. The number of aromatic nitrogens is 2. The Kier molecular flexibility index (Phi) is 5.96. The second kappa shape index (κ2) is 8.80. The van der Waals surface area contributed by atoms with Gasteiger partial charge in [-0.15, -0.1) is 0 Å². The number of rotatable bonds is 5. The molecule has 2 aromatic rings. The maximum absolute atomic E-state index is 11.7. The van der Waals surface area contributed by atoms with Gasteiger partial charge in [0.15, 0.2) is 0 Å². The van der Waals surface area contributed by atoms with Crippen LogP contribution in [-0.2, 0) is 6.54 Å². The molecule has 1 aromatic heterocycles. The molecule has 2 aliphatic rings. The number of hydrogen-bond donors (Lipinski definition) is 3. The highest BCUT2D eigenvalue weighted by Crippen LogP contribution is 2.32. The smallest absolute Gasteiger partial charge is 0.353 e. The van der Waals surface area contributed by atoms with Crippen molar-refractivity contribution in [3.05, 3.63) is 46.0 Å². The molecule has 10 nitrogen and oxygen atoms in total. The zero-order chi connectivity index (χ0) is 21.1. The number of piperazine rings is 2. The maximum Gasteiger partial charge on any atom is 0.353 e. The lowest BCUT2D eigenvalue weighted by molar-refractivity contribution is -0.914. The SMILES string of the molecule is C[NH+]1CCN(c2nc(N3CC[NH+](Cc4ccccc4)CC3)nc(N)c2[N+](=O)[O-])CC1. The lowest BCUT2D eigenvalue weighted by Gasteiger charge is -2.34. The topological polar surface area (TPSA) is 110 Å². The summed E-state index contributed by atoms with van der Waals surface area (Å²) in [4.78, 5) is 27.1. The van der Waals surface area contributed by atoms with Gasteiger partial charge in [-0.3, -0.25) is 10.1 Å². The summed E-state index contributed by atoms with van der Waals surface area (Å²) in [5, 5.41) is 11.7. The third-order valence-electron chi connectivity index (χ3n) is 6.03. The predicted molar refractivity (Wildman–Crippen MR) is 115 cm³/mol. The van der Waals surface area contributed by atoms with Crippen molar-refractivity contribution in [2.24, 2.45) is 0 Å². The van der Waals surface area contributed by atoms with E-state index in [1.54, 1.807) is 0 Å². The van der Waals surface area contributed by atoms with Gasteiger partial charge in [-0.25, -0.2) is 0 Å². The quantitative estimate of drug-likeness (QED) is 0.391. The Labute approximate surface area is 176 Å². The summed E-state index contributed by atoms with van der Waals surface area (Å²) < 4.78 is 0. The fourth-order valence-electron chi connectivity index (χ4n) is 4.17. The molecule has 1 aromatic carbocycles. The highest BCUT2D eigenvalue weighted by atomic mass is 16.6. The first kappa shape index (κ1) is 20.3. The fourth-order valence-corrected chi connectivity index (χ4v) is 4.17. The molecule has 0 spiro atoms. The summed E-state index contributed by atoms with van der Waals surface area (Å²) in [7, 11) is 2.13. The molecule has 2 saturated heterocycles. The van der Waals surface area contributed by atoms with Crippen molar-refractivity contribution in [1.29, 1.82) is 0 Å². The molecule has 4 rings (SSSR count). The monoisotopic (exact) mass is 414 g/mol. The Bertz CT molecular complexity index is 878. The van der Waals surface area contributed by atoms with E-state index in [0.717, 1.165) is 58.9 Å². The van der Waals surface area contributed by atoms with Crippen LogP contribution in [0.5, 0.6) is 0 Å². The third-order valence-corrected chi connectivity index (χ3v) is 6.03. The van der Waals surface area contributed by atoms with Crippen molar-refractivity contribution in [3.63, 3.8) is 0 Å². The third kappa shape index (κ3) is 4.44. The van der Waals surface area contributed by atoms with Gasteiger partial charge in [0.2, 0.25) is 17.6 Å². The molecule has 160 valence electrons. The van der Waals surface area contributed by atoms with Gasteiger partial charge >= 0.3 is 5.69 Å². The summed E-state index contributed by atoms with van der Waals surface area (Å²) in [5.41, 5.74) is 7.19. The number of likely N-dealkylation sites (N-methyl/N-ethyl adjacent to an activating group) is 1. The molecule has 0 atom stereocenters. The first-order valence-electron chi connectivity index (χ1n) is 10.5. The van der Waals surface area contributed by atoms with E-state index in [2.05, 4.69) is 46.2 Å². The van der Waals surface area contributed by atoms with E-state index in [-0.39, 0.29) is 11.5 Å². The highest BCUT2D eigenvalue weighted by Gasteiger charge is 2.32. The van der Waals surface area contributed by atoms with E-state index in [0.29, 0.717) is 11.8 Å². The van der Waals surface area contributed by atoms with Gasteiger partial charge in [0.25, 0.3) is 0 Å². The molecule has 0 aliphatic carbocycles. The zero-order valence-corrected chi connectivity index (χ0v) is 17.4. The fraction of sp³-hybridized carbons (Fsp3) is 0.500. The van der Waals surface area contributed by atoms with Gasteiger partial charge in [-0.05, 0) is 0 Å². The molecule has 0 unspecified atom stereocenters. The molecule has 3 heterocycles. The molecular weight excluding hydrogens is 384 g/mol. The summed E-state index contributed by atoms with van der Waals surface area (Å²) >= 11 is 0. The van der Waals surface area contributed by atoms with Crippen molar-refractivity contribution >= 4 is 23.3 Å².